The Morgan fingerprint density at radius 3 is 2.58 bits per heavy atom. The van der Waals surface area contributed by atoms with E-state index in [0.29, 0.717) is 23.9 Å². The van der Waals surface area contributed by atoms with Crippen molar-refractivity contribution in [3.05, 3.63) is 29.3 Å². The Hall–Kier alpha value is -0.910. The molecular weight excluding hydrogens is 262 g/mol. The number of aliphatic hydroxyl groups excluding tert-OH is 1. The highest BCUT2D eigenvalue weighted by atomic mass is 32.2. The third-order valence-electron chi connectivity index (χ3n) is 3.97. The molecule has 0 radical (unpaired) electrons. The van der Waals surface area contributed by atoms with Crippen LogP contribution in [-0.4, -0.2) is 31.4 Å². The maximum Gasteiger partial charge on any atom is 0.242 e. The lowest BCUT2D eigenvalue weighted by molar-refractivity contribution is 0.280. The van der Waals surface area contributed by atoms with E-state index >= 15 is 0 Å². The molecule has 19 heavy (non-hydrogen) atoms. The van der Waals surface area contributed by atoms with E-state index in [1.54, 1.807) is 25.2 Å². The van der Waals surface area contributed by atoms with Gasteiger partial charge in [-0.1, -0.05) is 13.0 Å². The lowest BCUT2D eigenvalue weighted by Crippen LogP contribution is -2.29. The van der Waals surface area contributed by atoms with Crippen LogP contribution in [0.2, 0.25) is 0 Å². The minimum atomic E-state index is -3.44. The summed E-state index contributed by atoms with van der Waals surface area (Å²) in [4.78, 5) is 0.262. The van der Waals surface area contributed by atoms with Gasteiger partial charge in [0.2, 0.25) is 10.0 Å². The van der Waals surface area contributed by atoms with Gasteiger partial charge in [-0.2, -0.15) is 0 Å². The van der Waals surface area contributed by atoms with Crippen LogP contribution >= 0.6 is 0 Å². The Kier molecular flexibility index (Phi) is 3.99. The molecule has 0 aromatic heterocycles. The molecule has 0 spiro atoms. The smallest absolute Gasteiger partial charge is 0.242 e. The largest absolute Gasteiger partial charge is 0.392 e. The zero-order valence-electron chi connectivity index (χ0n) is 11.6. The molecule has 4 nitrogen and oxygen atoms in total. The van der Waals surface area contributed by atoms with E-state index in [9.17, 15) is 13.5 Å². The van der Waals surface area contributed by atoms with Gasteiger partial charge in [0.15, 0.2) is 0 Å². The summed E-state index contributed by atoms with van der Waals surface area (Å²) >= 11 is 0. The van der Waals surface area contributed by atoms with E-state index in [1.807, 2.05) is 6.92 Å². The lowest BCUT2D eigenvalue weighted by atomic mass is 10.1. The fraction of sp³-hybridized carbons (Fsp3) is 0.571. The van der Waals surface area contributed by atoms with Gasteiger partial charge in [-0.05, 0) is 48.4 Å². The molecule has 0 bridgehead atoms. The second-order valence-electron chi connectivity index (χ2n) is 5.51. The van der Waals surface area contributed by atoms with Crippen LogP contribution in [0.25, 0.3) is 0 Å². The molecule has 2 atom stereocenters. The van der Waals surface area contributed by atoms with Crippen LogP contribution in [0.3, 0.4) is 0 Å². The molecule has 1 saturated carbocycles. The van der Waals surface area contributed by atoms with E-state index in [0.717, 1.165) is 12.0 Å². The Morgan fingerprint density at radius 2 is 2.05 bits per heavy atom. The first-order valence-electron chi connectivity index (χ1n) is 6.53. The summed E-state index contributed by atoms with van der Waals surface area (Å²) in [5.74, 6) is 1.12. The van der Waals surface area contributed by atoms with Crippen molar-refractivity contribution in [2.24, 2.45) is 11.8 Å². The quantitative estimate of drug-likeness (QED) is 0.896. The summed E-state index contributed by atoms with van der Waals surface area (Å²) in [5.41, 5.74) is 1.56. The summed E-state index contributed by atoms with van der Waals surface area (Å²) < 4.78 is 26.3. The third kappa shape index (κ3) is 2.99. The zero-order valence-corrected chi connectivity index (χ0v) is 12.4. The molecule has 1 aromatic carbocycles. The minimum absolute atomic E-state index is 0.140. The first-order valence-corrected chi connectivity index (χ1v) is 7.97. The second kappa shape index (κ2) is 5.23. The van der Waals surface area contributed by atoms with Crippen molar-refractivity contribution in [3.8, 4) is 0 Å². The van der Waals surface area contributed by atoms with Crippen LogP contribution in [0.5, 0.6) is 0 Å². The highest BCUT2D eigenvalue weighted by molar-refractivity contribution is 7.89. The van der Waals surface area contributed by atoms with Crippen molar-refractivity contribution in [1.82, 2.24) is 4.31 Å². The summed E-state index contributed by atoms with van der Waals surface area (Å²) in [6.45, 7) is 4.43. The molecule has 2 unspecified atom stereocenters. The van der Waals surface area contributed by atoms with Gasteiger partial charge in [-0.15, -0.1) is 0 Å². The fourth-order valence-electron chi connectivity index (χ4n) is 2.24. The van der Waals surface area contributed by atoms with Crippen molar-refractivity contribution in [2.45, 2.75) is 31.8 Å². The van der Waals surface area contributed by atoms with Crippen LogP contribution in [0.15, 0.2) is 23.1 Å². The van der Waals surface area contributed by atoms with Gasteiger partial charge < -0.3 is 5.11 Å². The summed E-state index contributed by atoms with van der Waals surface area (Å²) in [6, 6.07) is 4.92. The average Bonchev–Trinajstić information content (AvgIpc) is 3.05. The highest BCUT2D eigenvalue weighted by Crippen LogP contribution is 2.38. The number of aliphatic hydroxyl groups is 1. The monoisotopic (exact) mass is 283 g/mol. The molecule has 1 N–H and O–H groups in total. The minimum Gasteiger partial charge on any atom is -0.392 e. The SMILES string of the molecule is Cc1ccc(S(=O)(=O)N(C)CC2CC2C)cc1CO. The molecular formula is C14H21NO3S. The molecule has 1 fully saturated rings. The van der Waals surface area contributed by atoms with E-state index in [2.05, 4.69) is 6.92 Å². The van der Waals surface area contributed by atoms with Crippen molar-refractivity contribution in [1.29, 1.82) is 0 Å². The van der Waals surface area contributed by atoms with Crippen molar-refractivity contribution in [2.75, 3.05) is 13.6 Å². The Morgan fingerprint density at radius 1 is 1.42 bits per heavy atom. The first kappa shape index (κ1) is 14.5. The van der Waals surface area contributed by atoms with Crippen molar-refractivity contribution < 1.29 is 13.5 Å². The van der Waals surface area contributed by atoms with Crippen LogP contribution in [-0.2, 0) is 16.6 Å². The molecule has 0 saturated heterocycles. The number of nitrogens with zero attached hydrogens (tertiary/aromatic N) is 1. The van der Waals surface area contributed by atoms with Crippen LogP contribution < -0.4 is 0 Å². The number of aryl methyl sites for hydroxylation is 1. The third-order valence-corrected chi connectivity index (χ3v) is 5.79. The normalized spacial score (nSPS) is 22.8. The molecule has 0 aliphatic heterocycles. The number of sulfonamides is 1. The van der Waals surface area contributed by atoms with Crippen molar-refractivity contribution in [3.63, 3.8) is 0 Å². The van der Waals surface area contributed by atoms with E-state index in [-0.39, 0.29) is 11.5 Å². The number of benzene rings is 1. The number of hydrogen-bond acceptors (Lipinski definition) is 3. The molecule has 0 heterocycles. The summed E-state index contributed by atoms with van der Waals surface area (Å²) in [5, 5.41) is 9.23. The molecule has 106 valence electrons. The Bertz CT molecular complexity index is 568. The van der Waals surface area contributed by atoms with Gasteiger partial charge in [0.1, 0.15) is 0 Å². The van der Waals surface area contributed by atoms with Crippen LogP contribution in [0, 0.1) is 18.8 Å². The summed E-state index contributed by atoms with van der Waals surface area (Å²) in [6.07, 6.45) is 1.11. The zero-order chi connectivity index (χ0) is 14.2. The van der Waals surface area contributed by atoms with Gasteiger partial charge in [0.25, 0.3) is 0 Å². The standard InChI is InChI=1S/C14H21NO3S/c1-10-4-5-14(7-13(10)9-16)19(17,18)15(3)8-12-6-11(12)2/h4-5,7,11-12,16H,6,8-9H2,1-3H3. The Balaban J connectivity index is 2.23. The lowest BCUT2D eigenvalue weighted by Gasteiger charge is -2.18. The van der Waals surface area contributed by atoms with Gasteiger partial charge >= 0.3 is 0 Å². The number of rotatable bonds is 5. The van der Waals surface area contributed by atoms with Gasteiger partial charge in [0.05, 0.1) is 11.5 Å². The van der Waals surface area contributed by atoms with E-state index < -0.39 is 10.0 Å². The molecule has 1 aromatic rings. The molecule has 0 amide bonds. The molecule has 5 heteroatoms. The van der Waals surface area contributed by atoms with Gasteiger partial charge in [-0.3, -0.25) is 0 Å². The van der Waals surface area contributed by atoms with Gasteiger partial charge in [0, 0.05) is 13.6 Å². The maximum atomic E-state index is 12.4. The fourth-order valence-corrected chi connectivity index (χ4v) is 3.52. The second-order valence-corrected chi connectivity index (χ2v) is 7.55. The van der Waals surface area contributed by atoms with Crippen molar-refractivity contribution >= 4 is 10.0 Å². The molecule has 1 aliphatic rings. The predicted molar refractivity (Wildman–Crippen MR) is 74.2 cm³/mol. The van der Waals surface area contributed by atoms with E-state index in [4.69, 9.17) is 0 Å². The maximum absolute atomic E-state index is 12.4. The average molecular weight is 283 g/mol. The molecule has 1 aliphatic carbocycles. The molecule has 2 rings (SSSR count). The first-order chi connectivity index (χ1) is 8.86. The summed E-state index contributed by atoms with van der Waals surface area (Å²) in [7, 11) is -1.82. The number of hydrogen-bond donors (Lipinski definition) is 1. The topological polar surface area (TPSA) is 57.6 Å². The predicted octanol–water partition coefficient (Wildman–Crippen LogP) is 1.76. The Labute approximate surface area is 115 Å². The van der Waals surface area contributed by atoms with Crippen LogP contribution in [0.4, 0.5) is 0 Å². The highest BCUT2D eigenvalue weighted by Gasteiger charge is 2.36. The van der Waals surface area contributed by atoms with E-state index in [1.165, 1.54) is 4.31 Å². The van der Waals surface area contributed by atoms with Crippen LogP contribution in [0.1, 0.15) is 24.5 Å². The van der Waals surface area contributed by atoms with Gasteiger partial charge in [-0.25, -0.2) is 12.7 Å².